The number of carbonyl (C=O) groups excluding carboxylic acids is 2. The molecule has 0 atom stereocenters. The first kappa shape index (κ1) is 23.2. The smallest absolute Gasteiger partial charge is 0.343 e. The largest absolute Gasteiger partial charge is 0.462 e. The van der Waals surface area contributed by atoms with Gasteiger partial charge in [0.15, 0.2) is 11.6 Å². The van der Waals surface area contributed by atoms with Crippen molar-refractivity contribution in [2.45, 2.75) is 66.2 Å². The van der Waals surface area contributed by atoms with Crippen LogP contribution in [0.4, 0.5) is 5.82 Å². The zero-order valence-electron chi connectivity index (χ0n) is 21.6. The first-order chi connectivity index (χ1) is 17.3. The standard InChI is InChI=1S/C29H34N4O3/c1-5-36-27(34)23-15-30-33(24-8-17(3)22-7-16(2)6-18(4)25(22)31-24)26(23)32-28(35)29-12-19-9-20(13-29)11-21(10-19)14-29/h6-8,15,19-21H,5,9-14H2,1-4H3,(H,32,35). The highest BCUT2D eigenvalue weighted by atomic mass is 16.5. The second kappa shape index (κ2) is 8.43. The number of hydrogen-bond donors (Lipinski definition) is 1. The summed E-state index contributed by atoms with van der Waals surface area (Å²) in [4.78, 5) is 31.7. The third-order valence-corrected chi connectivity index (χ3v) is 8.68. The van der Waals surface area contributed by atoms with Crippen LogP contribution >= 0.6 is 0 Å². The molecule has 1 aromatic carbocycles. The summed E-state index contributed by atoms with van der Waals surface area (Å²) < 4.78 is 6.90. The number of ether oxygens (including phenoxy) is 1. The van der Waals surface area contributed by atoms with E-state index in [1.807, 2.05) is 6.07 Å². The number of esters is 1. The zero-order valence-corrected chi connectivity index (χ0v) is 21.6. The van der Waals surface area contributed by atoms with Crippen LogP contribution in [0.5, 0.6) is 0 Å². The third kappa shape index (κ3) is 3.71. The molecule has 2 heterocycles. The van der Waals surface area contributed by atoms with Crippen LogP contribution in [0.2, 0.25) is 0 Å². The van der Waals surface area contributed by atoms with Crippen molar-refractivity contribution in [1.82, 2.24) is 14.8 Å². The van der Waals surface area contributed by atoms with E-state index in [-0.39, 0.29) is 23.5 Å². The van der Waals surface area contributed by atoms with Gasteiger partial charge in [0.25, 0.3) is 0 Å². The van der Waals surface area contributed by atoms with E-state index in [2.05, 4.69) is 43.3 Å². The number of benzene rings is 1. The van der Waals surface area contributed by atoms with E-state index in [0.717, 1.165) is 41.3 Å². The van der Waals surface area contributed by atoms with Gasteiger partial charge >= 0.3 is 5.97 Å². The van der Waals surface area contributed by atoms with Crippen molar-refractivity contribution < 1.29 is 14.3 Å². The normalized spacial score (nSPS) is 26.4. The van der Waals surface area contributed by atoms with Gasteiger partial charge in [0, 0.05) is 5.39 Å². The highest BCUT2D eigenvalue weighted by Crippen LogP contribution is 2.60. The second-order valence-electron chi connectivity index (χ2n) is 11.5. The van der Waals surface area contributed by atoms with Crippen LogP contribution in [-0.2, 0) is 9.53 Å². The molecule has 4 aliphatic carbocycles. The lowest BCUT2D eigenvalue weighted by molar-refractivity contribution is -0.140. The number of carbonyl (C=O) groups is 2. The molecule has 0 aliphatic heterocycles. The molecule has 7 rings (SSSR count). The Hall–Kier alpha value is -3.22. The molecule has 3 aromatic rings. The molecule has 36 heavy (non-hydrogen) atoms. The molecule has 0 saturated heterocycles. The number of nitrogens with zero attached hydrogens (tertiary/aromatic N) is 3. The van der Waals surface area contributed by atoms with Gasteiger partial charge in [0.2, 0.25) is 5.91 Å². The van der Waals surface area contributed by atoms with E-state index in [1.54, 1.807) is 11.6 Å². The Morgan fingerprint density at radius 2 is 1.69 bits per heavy atom. The lowest BCUT2D eigenvalue weighted by Crippen LogP contribution is -2.52. The van der Waals surface area contributed by atoms with Crippen LogP contribution in [0.15, 0.2) is 24.4 Å². The van der Waals surface area contributed by atoms with Gasteiger partial charge < -0.3 is 10.1 Å². The molecule has 4 saturated carbocycles. The fourth-order valence-electron chi connectivity index (χ4n) is 7.57. The highest BCUT2D eigenvalue weighted by molar-refractivity contribution is 6.02. The monoisotopic (exact) mass is 486 g/mol. The summed E-state index contributed by atoms with van der Waals surface area (Å²) in [5.74, 6) is 2.38. The fraction of sp³-hybridized carbons (Fsp3) is 0.517. The molecule has 7 heteroatoms. The Bertz CT molecular complexity index is 1350. The minimum atomic E-state index is -0.492. The summed E-state index contributed by atoms with van der Waals surface area (Å²) in [6.45, 7) is 8.20. The van der Waals surface area contributed by atoms with Gasteiger partial charge in [-0.25, -0.2) is 9.78 Å². The van der Waals surface area contributed by atoms with E-state index in [1.165, 1.54) is 31.0 Å². The van der Waals surface area contributed by atoms with E-state index in [0.29, 0.717) is 29.4 Å². The summed E-state index contributed by atoms with van der Waals surface area (Å²) in [5, 5.41) is 8.78. The molecule has 0 spiro atoms. The van der Waals surface area contributed by atoms with E-state index < -0.39 is 5.97 Å². The van der Waals surface area contributed by atoms with Crippen molar-refractivity contribution in [1.29, 1.82) is 0 Å². The van der Waals surface area contributed by atoms with Gasteiger partial charge in [-0.15, -0.1) is 0 Å². The summed E-state index contributed by atoms with van der Waals surface area (Å²) in [6, 6.07) is 6.21. The summed E-state index contributed by atoms with van der Waals surface area (Å²) in [6.07, 6.45) is 8.10. The maximum atomic E-state index is 13.9. The van der Waals surface area contributed by atoms with Gasteiger partial charge in [-0.05, 0) is 107 Å². The number of hydrogen-bond acceptors (Lipinski definition) is 5. The number of aryl methyl sites for hydroxylation is 3. The number of amides is 1. The van der Waals surface area contributed by atoms with E-state index >= 15 is 0 Å². The Labute approximate surface area is 211 Å². The molecule has 4 fully saturated rings. The Morgan fingerprint density at radius 3 is 2.33 bits per heavy atom. The van der Waals surface area contributed by atoms with Crippen molar-refractivity contribution in [3.8, 4) is 5.82 Å². The van der Waals surface area contributed by atoms with Crippen LogP contribution in [0.3, 0.4) is 0 Å². The molecular formula is C29H34N4O3. The van der Waals surface area contributed by atoms with Crippen molar-refractivity contribution in [3.05, 3.63) is 46.6 Å². The maximum Gasteiger partial charge on any atom is 0.343 e. The third-order valence-electron chi connectivity index (χ3n) is 8.68. The first-order valence-electron chi connectivity index (χ1n) is 13.2. The number of pyridine rings is 1. The van der Waals surface area contributed by atoms with Crippen molar-refractivity contribution in [2.75, 3.05) is 11.9 Å². The topological polar surface area (TPSA) is 86.1 Å². The van der Waals surface area contributed by atoms with Crippen molar-refractivity contribution >= 4 is 28.6 Å². The molecular weight excluding hydrogens is 452 g/mol. The first-order valence-corrected chi connectivity index (χ1v) is 13.2. The van der Waals surface area contributed by atoms with Gasteiger partial charge in [-0.1, -0.05) is 11.6 Å². The van der Waals surface area contributed by atoms with E-state index in [4.69, 9.17) is 9.72 Å². The van der Waals surface area contributed by atoms with Crippen molar-refractivity contribution in [2.24, 2.45) is 23.2 Å². The van der Waals surface area contributed by atoms with E-state index in [9.17, 15) is 9.59 Å². The number of fused-ring (bicyclic) bond motifs is 1. The molecule has 1 N–H and O–H groups in total. The average Bonchev–Trinajstić information content (AvgIpc) is 3.22. The quantitative estimate of drug-likeness (QED) is 0.469. The van der Waals surface area contributed by atoms with Gasteiger partial charge in [0.1, 0.15) is 5.56 Å². The van der Waals surface area contributed by atoms with Gasteiger partial charge in [-0.2, -0.15) is 9.78 Å². The molecule has 0 radical (unpaired) electrons. The number of aromatic nitrogens is 3. The number of rotatable bonds is 5. The highest BCUT2D eigenvalue weighted by Gasteiger charge is 2.54. The number of anilines is 1. The molecule has 0 unspecified atom stereocenters. The lowest BCUT2D eigenvalue weighted by atomic mass is 9.49. The second-order valence-corrected chi connectivity index (χ2v) is 11.5. The molecule has 1 amide bonds. The van der Waals surface area contributed by atoms with Crippen molar-refractivity contribution in [3.63, 3.8) is 0 Å². The SMILES string of the molecule is CCOC(=O)c1cnn(-c2cc(C)c3cc(C)cc(C)c3n2)c1NC(=O)C12CC3CC(CC(C3)C1)C2. The number of nitrogens with one attached hydrogen (secondary N) is 1. The maximum absolute atomic E-state index is 13.9. The fourth-order valence-corrected chi connectivity index (χ4v) is 7.57. The minimum Gasteiger partial charge on any atom is -0.462 e. The molecule has 2 aromatic heterocycles. The van der Waals surface area contributed by atoms with Crippen LogP contribution in [0, 0.1) is 43.9 Å². The van der Waals surface area contributed by atoms with Gasteiger partial charge in [-0.3, -0.25) is 4.79 Å². The van der Waals surface area contributed by atoms with Crippen LogP contribution in [0.1, 0.15) is 72.5 Å². The average molecular weight is 487 g/mol. The predicted octanol–water partition coefficient (Wildman–Crippen LogP) is 5.68. The Kier molecular flexibility index (Phi) is 5.43. The zero-order chi connectivity index (χ0) is 25.2. The molecule has 4 bridgehead atoms. The Balaban J connectivity index is 1.42. The molecule has 188 valence electrons. The van der Waals surface area contributed by atoms with Crippen LogP contribution in [0.25, 0.3) is 16.7 Å². The van der Waals surface area contributed by atoms with Crippen LogP contribution in [-0.4, -0.2) is 33.2 Å². The Morgan fingerprint density at radius 1 is 1.03 bits per heavy atom. The minimum absolute atomic E-state index is 0.0122. The van der Waals surface area contributed by atoms with Crippen LogP contribution < -0.4 is 5.32 Å². The van der Waals surface area contributed by atoms with Gasteiger partial charge in [0.05, 0.1) is 23.7 Å². The summed E-state index contributed by atoms with van der Waals surface area (Å²) >= 11 is 0. The molecule has 7 nitrogen and oxygen atoms in total. The summed E-state index contributed by atoms with van der Waals surface area (Å²) in [7, 11) is 0. The summed E-state index contributed by atoms with van der Waals surface area (Å²) in [5.41, 5.74) is 4.12. The predicted molar refractivity (Wildman–Crippen MR) is 138 cm³/mol. The molecule has 4 aliphatic rings. The lowest BCUT2D eigenvalue weighted by Gasteiger charge is -2.55.